The average Bonchev–Trinajstić information content (AvgIpc) is 3.51. The number of amides is 2. The standard InChI is InChI=1S/C24H30ClF3N2O5/c1-6-11-34-21(33)30-18(14(2)24(26,27)28)19(31)29-17-12-15(7-8-16(17)25)13-23(9-10-23)20(32)35-22(3,4)5/h6-8,12,14,18H,1,9-11,13H2,2-5H3,(H,29,31)(H,30,33)/t14-,18+/m1/s1. The van der Waals surface area contributed by atoms with Gasteiger partial charge in [-0.2, -0.15) is 13.2 Å². The molecule has 0 radical (unpaired) electrons. The summed E-state index contributed by atoms with van der Waals surface area (Å²) in [7, 11) is 0. The Morgan fingerprint density at radius 2 is 1.86 bits per heavy atom. The fourth-order valence-electron chi connectivity index (χ4n) is 3.28. The first-order valence-corrected chi connectivity index (χ1v) is 11.4. The molecule has 0 bridgehead atoms. The van der Waals surface area contributed by atoms with Crippen LogP contribution in [0.4, 0.5) is 23.7 Å². The van der Waals surface area contributed by atoms with Crippen LogP contribution in [0.2, 0.25) is 5.02 Å². The largest absolute Gasteiger partial charge is 0.460 e. The van der Waals surface area contributed by atoms with Gasteiger partial charge in [0, 0.05) is 0 Å². The number of esters is 1. The molecule has 0 aromatic heterocycles. The van der Waals surface area contributed by atoms with E-state index in [9.17, 15) is 27.6 Å². The summed E-state index contributed by atoms with van der Waals surface area (Å²) in [5.41, 5.74) is -0.635. The second-order valence-corrected chi connectivity index (χ2v) is 10.0. The summed E-state index contributed by atoms with van der Waals surface area (Å²) < 4.78 is 50.3. The Bertz CT molecular complexity index is 971. The lowest BCUT2D eigenvalue weighted by molar-refractivity contribution is -0.178. The van der Waals surface area contributed by atoms with E-state index in [0.717, 1.165) is 6.92 Å². The van der Waals surface area contributed by atoms with Gasteiger partial charge in [-0.1, -0.05) is 37.2 Å². The fraction of sp³-hybridized carbons (Fsp3) is 0.542. The minimum Gasteiger partial charge on any atom is -0.460 e. The van der Waals surface area contributed by atoms with Gasteiger partial charge in [-0.15, -0.1) is 0 Å². The number of halogens is 4. The molecule has 0 spiro atoms. The third-order valence-electron chi connectivity index (χ3n) is 5.42. The maximum atomic E-state index is 13.4. The molecule has 35 heavy (non-hydrogen) atoms. The molecule has 0 saturated heterocycles. The van der Waals surface area contributed by atoms with Crippen LogP contribution in [0.5, 0.6) is 0 Å². The molecule has 0 unspecified atom stereocenters. The molecule has 1 saturated carbocycles. The van der Waals surface area contributed by atoms with Crippen molar-refractivity contribution in [1.29, 1.82) is 0 Å². The highest BCUT2D eigenvalue weighted by Crippen LogP contribution is 2.50. The lowest BCUT2D eigenvalue weighted by Crippen LogP contribution is -2.52. The molecule has 1 aromatic rings. The van der Waals surface area contributed by atoms with Gasteiger partial charge < -0.3 is 20.1 Å². The van der Waals surface area contributed by atoms with Gasteiger partial charge >= 0.3 is 18.2 Å². The lowest BCUT2D eigenvalue weighted by Gasteiger charge is -2.26. The molecule has 1 aromatic carbocycles. The predicted molar refractivity (Wildman–Crippen MR) is 125 cm³/mol. The third kappa shape index (κ3) is 8.16. The summed E-state index contributed by atoms with van der Waals surface area (Å²) in [6, 6.07) is 2.66. The number of rotatable bonds is 9. The molecule has 0 aliphatic heterocycles. The minimum atomic E-state index is -4.77. The van der Waals surface area contributed by atoms with Crippen molar-refractivity contribution in [2.24, 2.45) is 11.3 Å². The maximum absolute atomic E-state index is 13.4. The highest BCUT2D eigenvalue weighted by Gasteiger charge is 2.52. The molecule has 1 aliphatic carbocycles. The van der Waals surface area contributed by atoms with Crippen LogP contribution in [0.15, 0.2) is 30.9 Å². The molecule has 11 heteroatoms. The van der Waals surface area contributed by atoms with E-state index in [1.165, 1.54) is 18.2 Å². The molecule has 7 nitrogen and oxygen atoms in total. The molecule has 2 rings (SSSR count). The molecule has 1 aliphatic rings. The molecular weight excluding hydrogens is 489 g/mol. The first-order valence-electron chi connectivity index (χ1n) is 11.0. The number of alkyl carbamates (subject to hydrolysis) is 1. The fourth-order valence-corrected chi connectivity index (χ4v) is 3.44. The highest BCUT2D eigenvalue weighted by molar-refractivity contribution is 6.33. The summed E-state index contributed by atoms with van der Waals surface area (Å²) in [4.78, 5) is 37.3. The number of nitrogens with one attached hydrogen (secondary N) is 2. The molecule has 2 amide bonds. The molecule has 0 heterocycles. The minimum absolute atomic E-state index is 0.0507. The van der Waals surface area contributed by atoms with Crippen LogP contribution in [0.25, 0.3) is 0 Å². The van der Waals surface area contributed by atoms with Crippen molar-refractivity contribution in [1.82, 2.24) is 5.32 Å². The maximum Gasteiger partial charge on any atom is 0.408 e. The van der Waals surface area contributed by atoms with Gasteiger partial charge in [0.1, 0.15) is 18.2 Å². The van der Waals surface area contributed by atoms with E-state index in [0.29, 0.717) is 24.8 Å². The van der Waals surface area contributed by atoms with Crippen LogP contribution in [-0.2, 0) is 25.5 Å². The second-order valence-electron chi connectivity index (χ2n) is 9.60. The van der Waals surface area contributed by atoms with E-state index in [1.54, 1.807) is 26.8 Å². The van der Waals surface area contributed by atoms with Crippen molar-refractivity contribution < 1.29 is 37.0 Å². The van der Waals surface area contributed by atoms with Crippen LogP contribution in [0, 0.1) is 11.3 Å². The Balaban J connectivity index is 2.21. The van der Waals surface area contributed by atoms with Crippen molar-refractivity contribution in [2.75, 3.05) is 11.9 Å². The van der Waals surface area contributed by atoms with E-state index in [4.69, 9.17) is 16.3 Å². The third-order valence-corrected chi connectivity index (χ3v) is 5.75. The molecule has 194 valence electrons. The van der Waals surface area contributed by atoms with E-state index in [2.05, 4.69) is 16.6 Å². The van der Waals surface area contributed by atoms with Crippen LogP contribution in [0.3, 0.4) is 0 Å². The highest BCUT2D eigenvalue weighted by atomic mass is 35.5. The Hall–Kier alpha value is -2.75. The quantitative estimate of drug-likeness (QED) is 0.336. The first kappa shape index (κ1) is 28.5. The van der Waals surface area contributed by atoms with Gasteiger partial charge in [-0.25, -0.2) is 4.79 Å². The van der Waals surface area contributed by atoms with Crippen molar-refractivity contribution in [3.8, 4) is 0 Å². The van der Waals surface area contributed by atoms with Crippen molar-refractivity contribution in [3.63, 3.8) is 0 Å². The number of ether oxygens (including phenoxy) is 2. The topological polar surface area (TPSA) is 93.7 Å². The van der Waals surface area contributed by atoms with Crippen LogP contribution >= 0.6 is 11.6 Å². The van der Waals surface area contributed by atoms with Gasteiger partial charge in [0.05, 0.1) is 22.0 Å². The number of anilines is 1. The average molecular weight is 519 g/mol. The number of hydrogen-bond donors (Lipinski definition) is 2. The Morgan fingerprint density at radius 1 is 1.23 bits per heavy atom. The van der Waals surface area contributed by atoms with E-state index in [1.807, 2.05) is 5.32 Å². The second kappa shape index (κ2) is 10.9. The van der Waals surface area contributed by atoms with E-state index < -0.39 is 41.2 Å². The summed E-state index contributed by atoms with van der Waals surface area (Å²) in [5, 5.41) is 4.39. The Kier molecular flexibility index (Phi) is 8.86. The summed E-state index contributed by atoms with van der Waals surface area (Å²) in [6.45, 7) is 9.20. The van der Waals surface area contributed by atoms with Gasteiger partial charge in [-0.3, -0.25) is 9.59 Å². The summed E-state index contributed by atoms with van der Waals surface area (Å²) in [5.74, 6) is -3.67. The zero-order valence-corrected chi connectivity index (χ0v) is 20.8. The van der Waals surface area contributed by atoms with Gasteiger partial charge in [0.15, 0.2) is 0 Å². The predicted octanol–water partition coefficient (Wildman–Crippen LogP) is 5.42. The van der Waals surface area contributed by atoms with Crippen molar-refractivity contribution in [2.45, 2.75) is 64.8 Å². The smallest absolute Gasteiger partial charge is 0.408 e. The number of hydrogen-bond acceptors (Lipinski definition) is 5. The SMILES string of the molecule is C=CCOC(=O)N[C@H](C(=O)Nc1cc(CC2(C(=O)OC(C)(C)C)CC2)ccc1Cl)[C@@H](C)C(F)(F)F. The zero-order valence-electron chi connectivity index (χ0n) is 20.1. The van der Waals surface area contributed by atoms with Gasteiger partial charge in [-0.05, 0) is 57.7 Å². The van der Waals surface area contributed by atoms with Gasteiger partial charge in [0.25, 0.3) is 0 Å². The molecule has 2 N–H and O–H groups in total. The normalized spacial score (nSPS) is 16.5. The Morgan fingerprint density at radius 3 is 2.37 bits per heavy atom. The van der Waals surface area contributed by atoms with Gasteiger partial charge in [0.2, 0.25) is 5.91 Å². The van der Waals surface area contributed by atoms with Crippen LogP contribution in [0.1, 0.15) is 46.1 Å². The monoisotopic (exact) mass is 518 g/mol. The summed E-state index contributed by atoms with van der Waals surface area (Å²) >= 11 is 6.17. The molecule has 2 atom stereocenters. The number of carbonyl (C=O) groups excluding carboxylic acids is 3. The zero-order chi connectivity index (χ0) is 26.6. The lowest BCUT2D eigenvalue weighted by atomic mass is 9.95. The van der Waals surface area contributed by atoms with Crippen LogP contribution < -0.4 is 10.6 Å². The number of benzene rings is 1. The van der Waals surface area contributed by atoms with E-state index >= 15 is 0 Å². The van der Waals surface area contributed by atoms with Crippen molar-refractivity contribution >= 4 is 35.3 Å². The van der Waals surface area contributed by atoms with E-state index in [-0.39, 0.29) is 23.3 Å². The van der Waals surface area contributed by atoms with Crippen LogP contribution in [-0.4, -0.2) is 42.4 Å². The van der Waals surface area contributed by atoms with Crippen molar-refractivity contribution in [3.05, 3.63) is 41.4 Å². The molecule has 1 fully saturated rings. The first-order chi connectivity index (χ1) is 16.1. The Labute approximate surface area is 207 Å². The number of alkyl halides is 3. The molecular formula is C24H30ClF3N2O5. The summed E-state index contributed by atoms with van der Waals surface area (Å²) in [6.07, 6.45) is -3.16. The number of carbonyl (C=O) groups is 3.